The number of hydrogen-bond donors (Lipinski definition) is 0. The molecule has 0 saturated carbocycles. The van der Waals surface area contributed by atoms with Gasteiger partial charge >= 0.3 is 5.97 Å². The van der Waals surface area contributed by atoms with Gasteiger partial charge in [-0.2, -0.15) is 5.26 Å². The fourth-order valence-corrected chi connectivity index (χ4v) is 2.06. The Morgan fingerprint density at radius 2 is 1.86 bits per heavy atom. The molecule has 0 radical (unpaired) electrons. The van der Waals surface area contributed by atoms with Gasteiger partial charge < -0.3 is 9.64 Å². The van der Waals surface area contributed by atoms with Crippen LogP contribution in [0.15, 0.2) is 29.8 Å². The van der Waals surface area contributed by atoms with Gasteiger partial charge in [0.05, 0.1) is 6.61 Å². The van der Waals surface area contributed by atoms with Crippen LogP contribution >= 0.6 is 0 Å². The van der Waals surface area contributed by atoms with Crippen LogP contribution in [0.4, 0.5) is 5.69 Å². The van der Waals surface area contributed by atoms with Crippen molar-refractivity contribution >= 4 is 17.7 Å². The molecule has 22 heavy (non-hydrogen) atoms. The molecule has 4 nitrogen and oxygen atoms in total. The molecule has 1 rings (SSSR count). The van der Waals surface area contributed by atoms with Crippen molar-refractivity contribution in [3.05, 3.63) is 35.4 Å². The first-order valence-electron chi connectivity index (χ1n) is 7.80. The average Bonchev–Trinajstić information content (AvgIpc) is 2.55. The SMILES string of the molecule is CCCCOC(=O)/C(C#N)=C\c1ccc(N(CC)CC)cc1. The van der Waals surface area contributed by atoms with Crippen molar-refractivity contribution in [2.75, 3.05) is 24.6 Å². The third-order valence-corrected chi connectivity index (χ3v) is 3.40. The van der Waals surface area contributed by atoms with Gasteiger partial charge in [-0.25, -0.2) is 4.79 Å². The maximum atomic E-state index is 11.8. The number of carbonyl (C=O) groups excluding carboxylic acids is 1. The summed E-state index contributed by atoms with van der Waals surface area (Å²) in [5, 5.41) is 9.11. The molecular weight excluding hydrogens is 276 g/mol. The van der Waals surface area contributed by atoms with Crippen LogP contribution in [0.1, 0.15) is 39.2 Å². The number of anilines is 1. The zero-order valence-corrected chi connectivity index (χ0v) is 13.6. The molecule has 0 N–H and O–H groups in total. The number of nitrogens with zero attached hydrogens (tertiary/aromatic N) is 2. The van der Waals surface area contributed by atoms with Crippen molar-refractivity contribution in [1.29, 1.82) is 5.26 Å². The second kappa shape index (κ2) is 9.62. The highest BCUT2D eigenvalue weighted by atomic mass is 16.5. The Labute approximate surface area is 133 Å². The molecule has 0 saturated heterocycles. The molecule has 4 heteroatoms. The molecule has 1 aromatic carbocycles. The zero-order valence-electron chi connectivity index (χ0n) is 13.6. The third-order valence-electron chi connectivity index (χ3n) is 3.40. The summed E-state index contributed by atoms with van der Waals surface area (Å²) in [6, 6.07) is 9.72. The number of hydrogen-bond acceptors (Lipinski definition) is 4. The van der Waals surface area contributed by atoms with Crippen molar-refractivity contribution in [3.63, 3.8) is 0 Å². The molecule has 1 aromatic rings. The first-order chi connectivity index (χ1) is 10.7. The highest BCUT2D eigenvalue weighted by Crippen LogP contribution is 2.17. The Kier molecular flexibility index (Phi) is 7.77. The van der Waals surface area contributed by atoms with Crippen molar-refractivity contribution in [1.82, 2.24) is 0 Å². The van der Waals surface area contributed by atoms with Crippen LogP contribution in [0.25, 0.3) is 6.08 Å². The standard InChI is InChI=1S/C18H24N2O2/c1-4-7-12-22-18(21)16(14-19)13-15-8-10-17(11-9-15)20(5-2)6-3/h8-11,13H,4-7,12H2,1-3H3/b16-13-. The number of carbonyl (C=O) groups is 1. The summed E-state index contributed by atoms with van der Waals surface area (Å²) in [5.74, 6) is -0.552. The predicted octanol–water partition coefficient (Wildman–Crippen LogP) is 3.78. The maximum absolute atomic E-state index is 11.8. The van der Waals surface area contributed by atoms with E-state index in [2.05, 4.69) is 18.7 Å². The van der Waals surface area contributed by atoms with Crippen molar-refractivity contribution in [2.24, 2.45) is 0 Å². The summed E-state index contributed by atoms with van der Waals surface area (Å²) < 4.78 is 5.07. The van der Waals surface area contributed by atoms with E-state index < -0.39 is 5.97 Å². The van der Waals surface area contributed by atoms with Gasteiger partial charge in [-0.1, -0.05) is 25.5 Å². The van der Waals surface area contributed by atoms with E-state index in [1.807, 2.05) is 37.3 Å². The molecule has 0 aliphatic carbocycles. The summed E-state index contributed by atoms with van der Waals surface area (Å²) in [7, 11) is 0. The van der Waals surface area contributed by atoms with Crippen LogP contribution in [-0.2, 0) is 9.53 Å². The average molecular weight is 300 g/mol. The second-order valence-corrected chi connectivity index (χ2v) is 4.92. The molecule has 0 aliphatic heterocycles. The van der Waals surface area contributed by atoms with E-state index in [-0.39, 0.29) is 5.57 Å². The van der Waals surface area contributed by atoms with Gasteiger partial charge in [0.25, 0.3) is 0 Å². The number of ether oxygens (including phenoxy) is 1. The van der Waals surface area contributed by atoms with Gasteiger partial charge in [0.2, 0.25) is 0 Å². The van der Waals surface area contributed by atoms with Crippen LogP contribution < -0.4 is 4.90 Å². The van der Waals surface area contributed by atoms with Crippen LogP contribution in [-0.4, -0.2) is 25.7 Å². The molecule has 0 heterocycles. The molecule has 0 unspecified atom stereocenters. The smallest absolute Gasteiger partial charge is 0.348 e. The number of unbranched alkanes of at least 4 members (excludes halogenated alkanes) is 1. The van der Waals surface area contributed by atoms with E-state index in [4.69, 9.17) is 10.00 Å². The quantitative estimate of drug-likeness (QED) is 0.317. The molecule has 0 spiro atoms. The van der Waals surface area contributed by atoms with E-state index in [9.17, 15) is 4.79 Å². The summed E-state index contributed by atoms with van der Waals surface area (Å²) in [6.07, 6.45) is 3.33. The lowest BCUT2D eigenvalue weighted by Crippen LogP contribution is -2.21. The lowest BCUT2D eigenvalue weighted by atomic mass is 10.1. The van der Waals surface area contributed by atoms with Crippen LogP contribution in [0.5, 0.6) is 0 Å². The topological polar surface area (TPSA) is 53.3 Å². The first-order valence-corrected chi connectivity index (χ1v) is 7.80. The molecule has 0 aliphatic rings. The summed E-state index contributed by atoms with van der Waals surface area (Å²) in [4.78, 5) is 14.0. The summed E-state index contributed by atoms with van der Waals surface area (Å²) in [5.41, 5.74) is 1.98. The Hall–Kier alpha value is -2.28. The minimum absolute atomic E-state index is 0.0340. The fraction of sp³-hybridized carbons (Fsp3) is 0.444. The molecule has 0 amide bonds. The minimum atomic E-state index is -0.552. The van der Waals surface area contributed by atoms with E-state index in [1.165, 1.54) is 0 Å². The Morgan fingerprint density at radius 3 is 2.36 bits per heavy atom. The normalized spacial score (nSPS) is 10.9. The lowest BCUT2D eigenvalue weighted by Gasteiger charge is -2.20. The Bertz CT molecular complexity index is 537. The fourth-order valence-electron chi connectivity index (χ4n) is 2.06. The van der Waals surface area contributed by atoms with E-state index in [0.717, 1.165) is 37.2 Å². The van der Waals surface area contributed by atoms with Gasteiger partial charge in [0.1, 0.15) is 11.6 Å². The molecule has 0 atom stereocenters. The van der Waals surface area contributed by atoms with Gasteiger partial charge in [-0.05, 0) is 44.0 Å². The largest absolute Gasteiger partial charge is 0.462 e. The molecule has 0 fully saturated rings. The zero-order chi connectivity index (χ0) is 16.4. The van der Waals surface area contributed by atoms with E-state index >= 15 is 0 Å². The summed E-state index contributed by atoms with van der Waals surface area (Å²) in [6.45, 7) is 8.48. The first kappa shape index (κ1) is 17.8. The Morgan fingerprint density at radius 1 is 1.23 bits per heavy atom. The number of rotatable bonds is 8. The van der Waals surface area contributed by atoms with Gasteiger partial charge in [0, 0.05) is 18.8 Å². The van der Waals surface area contributed by atoms with Crippen molar-refractivity contribution < 1.29 is 9.53 Å². The third kappa shape index (κ3) is 5.25. The number of nitriles is 1. The Balaban J connectivity index is 2.81. The highest BCUT2D eigenvalue weighted by Gasteiger charge is 2.10. The van der Waals surface area contributed by atoms with E-state index in [0.29, 0.717) is 6.61 Å². The molecule has 0 aromatic heterocycles. The monoisotopic (exact) mass is 300 g/mol. The second-order valence-electron chi connectivity index (χ2n) is 4.92. The lowest BCUT2D eigenvalue weighted by molar-refractivity contribution is -0.138. The van der Waals surface area contributed by atoms with Crippen LogP contribution in [0.2, 0.25) is 0 Å². The molecular formula is C18H24N2O2. The number of benzene rings is 1. The van der Waals surface area contributed by atoms with Gasteiger partial charge in [0.15, 0.2) is 0 Å². The minimum Gasteiger partial charge on any atom is -0.462 e. The predicted molar refractivity (Wildman–Crippen MR) is 89.5 cm³/mol. The maximum Gasteiger partial charge on any atom is 0.348 e. The molecule has 0 bridgehead atoms. The van der Waals surface area contributed by atoms with Gasteiger partial charge in [-0.15, -0.1) is 0 Å². The summed E-state index contributed by atoms with van der Waals surface area (Å²) >= 11 is 0. The van der Waals surface area contributed by atoms with Gasteiger partial charge in [-0.3, -0.25) is 0 Å². The molecule has 118 valence electrons. The van der Waals surface area contributed by atoms with Crippen molar-refractivity contribution in [2.45, 2.75) is 33.6 Å². The van der Waals surface area contributed by atoms with Crippen LogP contribution in [0.3, 0.4) is 0 Å². The van der Waals surface area contributed by atoms with E-state index in [1.54, 1.807) is 6.08 Å². The van der Waals surface area contributed by atoms with Crippen LogP contribution in [0, 0.1) is 11.3 Å². The van der Waals surface area contributed by atoms with Crippen molar-refractivity contribution in [3.8, 4) is 6.07 Å². The number of esters is 1. The highest BCUT2D eigenvalue weighted by molar-refractivity contribution is 5.97.